The van der Waals surface area contributed by atoms with Gasteiger partial charge in [-0.3, -0.25) is 0 Å². The van der Waals surface area contributed by atoms with Crippen LogP contribution in [0.3, 0.4) is 0 Å². The summed E-state index contributed by atoms with van der Waals surface area (Å²) in [4.78, 5) is 3.13. The van der Waals surface area contributed by atoms with Gasteiger partial charge in [-0.2, -0.15) is 0 Å². The van der Waals surface area contributed by atoms with Gasteiger partial charge < -0.3 is 0 Å². The maximum absolute atomic E-state index is 3.13. The zero-order chi connectivity index (χ0) is 7.40. The highest BCUT2D eigenvalue weighted by Gasteiger charge is 2.01. The number of hydrogen-bond donors (Lipinski definition) is 1. The predicted octanol–water partition coefficient (Wildman–Crippen LogP) is 1.32. The molecule has 0 aliphatic carbocycles. The number of thioether (sulfide) groups is 1. The molecule has 56 valence electrons. The third kappa shape index (κ3) is 1.77. The minimum Gasteiger partial charge on any atom is -0.248 e. The third-order valence-corrected chi connectivity index (χ3v) is 2.28. The lowest BCUT2D eigenvalue weighted by Gasteiger charge is -1.93. The van der Waals surface area contributed by atoms with Gasteiger partial charge in [0.2, 0.25) is 0 Å². The second-order valence-corrected chi connectivity index (χ2v) is 3.38. The lowest BCUT2D eigenvalue weighted by Crippen LogP contribution is -2.32. The summed E-state index contributed by atoms with van der Waals surface area (Å²) in [7, 11) is 0. The van der Waals surface area contributed by atoms with Gasteiger partial charge in [-0.25, -0.2) is 9.55 Å². The summed E-state index contributed by atoms with van der Waals surface area (Å²) in [5.74, 6) is 3.46. The van der Waals surface area contributed by atoms with Gasteiger partial charge in [-0.05, 0) is 5.75 Å². The fourth-order valence-electron chi connectivity index (χ4n) is 0.772. The van der Waals surface area contributed by atoms with Gasteiger partial charge in [0.05, 0.1) is 0 Å². The molecule has 2 nitrogen and oxygen atoms in total. The molecule has 0 aliphatic heterocycles. The average molecular weight is 157 g/mol. The van der Waals surface area contributed by atoms with Gasteiger partial charge in [0.15, 0.2) is 0 Å². The van der Waals surface area contributed by atoms with Crippen LogP contribution in [0.15, 0.2) is 12.4 Å². The van der Waals surface area contributed by atoms with Crippen molar-refractivity contribution in [1.82, 2.24) is 4.98 Å². The Morgan fingerprint density at radius 1 is 1.70 bits per heavy atom. The van der Waals surface area contributed by atoms with Gasteiger partial charge in [0.1, 0.15) is 18.3 Å². The maximum atomic E-state index is 3.13. The van der Waals surface area contributed by atoms with Crippen LogP contribution in [0.1, 0.15) is 12.7 Å². The highest BCUT2D eigenvalue weighted by molar-refractivity contribution is 7.98. The summed E-state index contributed by atoms with van der Waals surface area (Å²) >= 11 is 1.92. The second kappa shape index (κ2) is 3.66. The van der Waals surface area contributed by atoms with Crippen LogP contribution in [0.4, 0.5) is 0 Å². The quantitative estimate of drug-likeness (QED) is 0.656. The van der Waals surface area contributed by atoms with Crippen LogP contribution in [-0.2, 0) is 5.88 Å². The van der Waals surface area contributed by atoms with Crippen LogP contribution in [0.2, 0.25) is 0 Å². The van der Waals surface area contributed by atoms with E-state index in [1.165, 1.54) is 11.6 Å². The van der Waals surface area contributed by atoms with Crippen molar-refractivity contribution in [2.75, 3.05) is 5.75 Å². The Hall–Kier alpha value is -0.440. The lowest BCUT2D eigenvalue weighted by atomic mass is 10.7. The molecular formula is C7H13N2S+. The summed E-state index contributed by atoms with van der Waals surface area (Å²) < 4.78 is 2.20. The molecule has 0 spiro atoms. The predicted molar refractivity (Wildman–Crippen MR) is 43.9 cm³/mol. The molecule has 0 amide bonds. The van der Waals surface area contributed by atoms with E-state index in [0.29, 0.717) is 0 Å². The number of hydrogen-bond acceptors (Lipinski definition) is 1. The number of aromatic amines is 1. The molecule has 0 unspecified atom stereocenters. The van der Waals surface area contributed by atoms with Crippen molar-refractivity contribution in [2.45, 2.75) is 19.7 Å². The van der Waals surface area contributed by atoms with E-state index in [4.69, 9.17) is 0 Å². The highest BCUT2D eigenvalue weighted by Crippen LogP contribution is 1.97. The first-order chi connectivity index (χ1) is 4.84. The van der Waals surface area contributed by atoms with E-state index < -0.39 is 0 Å². The summed E-state index contributed by atoms with van der Waals surface area (Å²) in [5, 5.41) is 0. The van der Waals surface area contributed by atoms with E-state index in [9.17, 15) is 0 Å². The van der Waals surface area contributed by atoms with Crippen molar-refractivity contribution in [1.29, 1.82) is 0 Å². The molecule has 0 radical (unpaired) electrons. The van der Waals surface area contributed by atoms with Crippen LogP contribution in [-0.4, -0.2) is 10.7 Å². The first-order valence-electron chi connectivity index (χ1n) is 3.45. The van der Waals surface area contributed by atoms with E-state index in [2.05, 4.69) is 29.6 Å². The number of imidazole rings is 1. The van der Waals surface area contributed by atoms with Gasteiger partial charge >= 0.3 is 0 Å². The topological polar surface area (TPSA) is 19.7 Å². The van der Waals surface area contributed by atoms with Gasteiger partial charge in [0, 0.05) is 6.92 Å². The highest BCUT2D eigenvalue weighted by atomic mass is 32.2. The minimum absolute atomic E-state index is 1.06. The SMILES string of the molecule is CCSC[n+]1cc[nH]c1C. The number of nitrogens with one attached hydrogen (secondary N) is 1. The van der Waals surface area contributed by atoms with Crippen LogP contribution in [0, 0.1) is 6.92 Å². The zero-order valence-electron chi connectivity index (χ0n) is 6.42. The molecule has 0 fully saturated rings. The molecule has 0 saturated carbocycles. The molecule has 3 heteroatoms. The summed E-state index contributed by atoms with van der Waals surface area (Å²) in [6, 6.07) is 0. The fraction of sp³-hybridized carbons (Fsp3) is 0.571. The zero-order valence-corrected chi connectivity index (χ0v) is 7.24. The fourth-order valence-corrected chi connectivity index (χ4v) is 1.43. The Morgan fingerprint density at radius 2 is 2.50 bits per heavy atom. The van der Waals surface area contributed by atoms with Crippen LogP contribution < -0.4 is 4.57 Å². The summed E-state index contributed by atoms with van der Waals surface area (Å²) in [6.45, 7) is 4.25. The molecule has 1 heterocycles. The van der Waals surface area contributed by atoms with Crippen molar-refractivity contribution >= 4 is 11.8 Å². The largest absolute Gasteiger partial charge is 0.251 e. The van der Waals surface area contributed by atoms with Gasteiger partial charge in [-0.1, -0.05) is 6.92 Å². The first-order valence-corrected chi connectivity index (χ1v) is 4.61. The van der Waals surface area contributed by atoms with E-state index in [1.54, 1.807) is 0 Å². The molecule has 1 rings (SSSR count). The van der Waals surface area contributed by atoms with E-state index >= 15 is 0 Å². The smallest absolute Gasteiger partial charge is 0.248 e. The Kier molecular flexibility index (Phi) is 2.81. The minimum atomic E-state index is 1.06. The molecule has 1 N–H and O–H groups in total. The van der Waals surface area contributed by atoms with Crippen molar-refractivity contribution < 1.29 is 4.57 Å². The summed E-state index contributed by atoms with van der Waals surface area (Å²) in [5.41, 5.74) is 0. The standard InChI is InChI=1S/C7H12N2S/c1-3-10-6-9-5-4-8-7(9)2/h4-5H,3,6H2,1-2H3/p+1. The van der Waals surface area contributed by atoms with Crippen LogP contribution >= 0.6 is 11.8 Å². The number of aromatic nitrogens is 2. The van der Waals surface area contributed by atoms with E-state index in [1.807, 2.05) is 18.0 Å². The van der Waals surface area contributed by atoms with Crippen molar-refractivity contribution in [3.63, 3.8) is 0 Å². The Morgan fingerprint density at radius 3 is 3.00 bits per heavy atom. The molecule has 10 heavy (non-hydrogen) atoms. The molecule has 0 aromatic carbocycles. The summed E-state index contributed by atoms with van der Waals surface area (Å²) in [6.07, 6.45) is 4.03. The van der Waals surface area contributed by atoms with Gasteiger partial charge in [-0.15, -0.1) is 11.8 Å². The molecule has 0 saturated heterocycles. The Balaban J connectivity index is 2.49. The molecular weight excluding hydrogens is 144 g/mol. The number of H-pyrrole nitrogens is 1. The molecule has 0 atom stereocenters. The Labute approximate surface area is 65.7 Å². The van der Waals surface area contributed by atoms with Crippen molar-refractivity contribution in [3.8, 4) is 0 Å². The second-order valence-electron chi connectivity index (χ2n) is 2.14. The van der Waals surface area contributed by atoms with Crippen LogP contribution in [0.25, 0.3) is 0 Å². The van der Waals surface area contributed by atoms with Crippen molar-refractivity contribution in [2.24, 2.45) is 0 Å². The molecule has 1 aromatic heterocycles. The normalized spacial score (nSPS) is 10.2. The van der Waals surface area contributed by atoms with Gasteiger partial charge in [0.25, 0.3) is 5.82 Å². The van der Waals surface area contributed by atoms with E-state index in [0.717, 1.165) is 5.88 Å². The number of aryl methyl sites for hydroxylation is 1. The number of rotatable bonds is 3. The van der Waals surface area contributed by atoms with Crippen molar-refractivity contribution in [3.05, 3.63) is 18.2 Å². The Bertz CT molecular complexity index is 195. The molecule has 0 aliphatic rings. The molecule has 1 aromatic rings. The first kappa shape index (κ1) is 7.66. The maximum Gasteiger partial charge on any atom is 0.251 e. The third-order valence-electron chi connectivity index (χ3n) is 1.41. The molecule has 0 bridgehead atoms. The monoisotopic (exact) mass is 157 g/mol. The number of nitrogens with zero attached hydrogens (tertiary/aromatic N) is 1. The lowest BCUT2D eigenvalue weighted by molar-refractivity contribution is -0.680. The van der Waals surface area contributed by atoms with Crippen LogP contribution in [0.5, 0.6) is 0 Å². The average Bonchev–Trinajstić information content (AvgIpc) is 2.31. The van der Waals surface area contributed by atoms with E-state index in [-0.39, 0.29) is 0 Å².